The molecule has 1 aliphatic rings. The smallest absolute Gasteiger partial charge is 0.141 e. The number of fused-ring (bicyclic) bond motifs is 2. The molecule has 1 aromatic heterocycles. The lowest BCUT2D eigenvalue weighted by Crippen LogP contribution is -2.22. The third-order valence-electron chi connectivity index (χ3n) is 5.07. The van der Waals surface area contributed by atoms with Gasteiger partial charge in [0.15, 0.2) is 0 Å². The number of nitrogens with zero attached hydrogens (tertiary/aromatic N) is 3. The molecule has 3 aromatic carbocycles. The summed E-state index contributed by atoms with van der Waals surface area (Å²) in [7, 11) is 0. The minimum atomic E-state index is -0.222. The number of halogens is 1. The minimum absolute atomic E-state index is 0.222. The van der Waals surface area contributed by atoms with Gasteiger partial charge in [-0.3, -0.25) is 0 Å². The fourth-order valence-electron chi connectivity index (χ4n) is 3.66. The van der Waals surface area contributed by atoms with Gasteiger partial charge in [-0.1, -0.05) is 18.1 Å². The molecule has 2 heterocycles. The van der Waals surface area contributed by atoms with Crippen LogP contribution in [0.25, 0.3) is 10.9 Å². The first-order valence-corrected chi connectivity index (χ1v) is 9.55. The SMILES string of the molecule is C#Cc1ccc2ncnc(Nc3ccc4c(c3)CN(Cc3cccc(F)c3)N4)c2c1. The zero-order valence-corrected chi connectivity index (χ0v) is 16.1. The predicted molar refractivity (Wildman–Crippen MR) is 116 cm³/mol. The third-order valence-corrected chi connectivity index (χ3v) is 5.07. The van der Waals surface area contributed by atoms with Crippen molar-refractivity contribution in [3.8, 4) is 12.3 Å². The molecule has 0 spiro atoms. The summed E-state index contributed by atoms with van der Waals surface area (Å²) in [5.41, 5.74) is 9.03. The average Bonchev–Trinajstić information content (AvgIpc) is 3.15. The van der Waals surface area contributed by atoms with Gasteiger partial charge in [0.25, 0.3) is 0 Å². The average molecular weight is 395 g/mol. The first kappa shape index (κ1) is 18.1. The van der Waals surface area contributed by atoms with Crippen LogP contribution in [0, 0.1) is 18.2 Å². The van der Waals surface area contributed by atoms with Crippen LogP contribution in [-0.2, 0) is 13.1 Å². The topological polar surface area (TPSA) is 53.1 Å². The fourth-order valence-corrected chi connectivity index (χ4v) is 3.66. The van der Waals surface area contributed by atoms with Crippen LogP contribution < -0.4 is 10.7 Å². The molecule has 0 atom stereocenters. The third kappa shape index (κ3) is 3.54. The Bertz CT molecular complexity index is 1290. The van der Waals surface area contributed by atoms with E-state index in [2.05, 4.69) is 37.7 Å². The van der Waals surface area contributed by atoms with Gasteiger partial charge < -0.3 is 10.7 Å². The summed E-state index contributed by atoms with van der Waals surface area (Å²) in [5, 5.41) is 6.32. The van der Waals surface area contributed by atoms with E-state index in [9.17, 15) is 4.39 Å². The quantitative estimate of drug-likeness (QED) is 0.485. The molecule has 0 fully saturated rings. The Balaban J connectivity index is 1.37. The monoisotopic (exact) mass is 395 g/mol. The second-order valence-electron chi connectivity index (χ2n) is 7.19. The van der Waals surface area contributed by atoms with Crippen LogP contribution in [0.5, 0.6) is 0 Å². The van der Waals surface area contributed by atoms with Gasteiger partial charge in [0, 0.05) is 29.7 Å². The Kier molecular flexibility index (Phi) is 4.51. The second kappa shape index (κ2) is 7.47. The highest BCUT2D eigenvalue weighted by atomic mass is 19.1. The van der Waals surface area contributed by atoms with E-state index in [1.54, 1.807) is 12.1 Å². The number of anilines is 3. The molecule has 6 heteroatoms. The van der Waals surface area contributed by atoms with E-state index in [1.807, 2.05) is 36.4 Å². The highest BCUT2D eigenvalue weighted by molar-refractivity contribution is 5.91. The van der Waals surface area contributed by atoms with Gasteiger partial charge in [0.1, 0.15) is 18.0 Å². The number of hydrogen-bond acceptors (Lipinski definition) is 5. The van der Waals surface area contributed by atoms with Crippen LogP contribution in [-0.4, -0.2) is 15.0 Å². The lowest BCUT2D eigenvalue weighted by molar-refractivity contribution is 0.334. The summed E-state index contributed by atoms with van der Waals surface area (Å²) >= 11 is 0. The van der Waals surface area contributed by atoms with Crippen LogP contribution in [0.15, 0.2) is 67.0 Å². The number of benzene rings is 3. The maximum Gasteiger partial charge on any atom is 0.141 e. The largest absolute Gasteiger partial charge is 0.340 e. The molecule has 146 valence electrons. The first-order valence-electron chi connectivity index (χ1n) is 9.55. The predicted octanol–water partition coefficient (Wildman–Crippen LogP) is 4.84. The van der Waals surface area contributed by atoms with Crippen molar-refractivity contribution in [3.63, 3.8) is 0 Å². The van der Waals surface area contributed by atoms with E-state index >= 15 is 0 Å². The number of aromatic nitrogens is 2. The molecule has 2 N–H and O–H groups in total. The van der Waals surface area contributed by atoms with E-state index in [0.29, 0.717) is 18.9 Å². The van der Waals surface area contributed by atoms with Crippen molar-refractivity contribution in [2.24, 2.45) is 0 Å². The standard InChI is InChI=1S/C24H18FN5/c1-2-16-6-8-23-21(11-16)24(27-15-26-23)28-20-7-9-22-18(12-20)14-30(29-22)13-17-4-3-5-19(25)10-17/h1,3-12,15,29H,13-14H2,(H,26,27,28). The molecule has 0 saturated heterocycles. The summed E-state index contributed by atoms with van der Waals surface area (Å²) in [6.45, 7) is 1.33. The zero-order valence-electron chi connectivity index (χ0n) is 16.1. The van der Waals surface area contributed by atoms with Gasteiger partial charge >= 0.3 is 0 Å². The molecular weight excluding hydrogens is 377 g/mol. The molecule has 5 rings (SSSR count). The summed E-state index contributed by atoms with van der Waals surface area (Å²) < 4.78 is 13.5. The number of hydrogen-bond donors (Lipinski definition) is 2. The van der Waals surface area contributed by atoms with Gasteiger partial charge in [-0.25, -0.2) is 19.4 Å². The van der Waals surface area contributed by atoms with Crippen LogP contribution in [0.3, 0.4) is 0 Å². The van der Waals surface area contributed by atoms with Crippen molar-refractivity contribution in [2.75, 3.05) is 10.7 Å². The van der Waals surface area contributed by atoms with Crippen molar-refractivity contribution >= 4 is 28.1 Å². The molecular formula is C24H18FN5. The molecule has 0 aliphatic carbocycles. The molecule has 4 aromatic rings. The molecule has 0 unspecified atom stereocenters. The van der Waals surface area contributed by atoms with E-state index < -0.39 is 0 Å². The maximum atomic E-state index is 13.5. The van der Waals surface area contributed by atoms with Gasteiger partial charge in [-0.2, -0.15) is 0 Å². The fraction of sp³-hybridized carbons (Fsp3) is 0.0833. The van der Waals surface area contributed by atoms with Crippen LogP contribution in [0.4, 0.5) is 21.6 Å². The Hall–Kier alpha value is -3.95. The molecule has 30 heavy (non-hydrogen) atoms. The normalized spacial score (nSPS) is 12.9. The van der Waals surface area contributed by atoms with Gasteiger partial charge in [0.05, 0.1) is 11.2 Å². The lowest BCUT2D eigenvalue weighted by Gasteiger charge is -2.16. The van der Waals surface area contributed by atoms with Crippen molar-refractivity contribution in [2.45, 2.75) is 13.1 Å². The van der Waals surface area contributed by atoms with Crippen molar-refractivity contribution in [3.05, 3.63) is 89.5 Å². The van der Waals surface area contributed by atoms with Crippen LogP contribution >= 0.6 is 0 Å². The van der Waals surface area contributed by atoms with Crippen molar-refractivity contribution in [1.82, 2.24) is 15.0 Å². The Morgan fingerprint density at radius 2 is 2.03 bits per heavy atom. The number of nitrogens with one attached hydrogen (secondary N) is 2. The van der Waals surface area contributed by atoms with E-state index in [4.69, 9.17) is 6.42 Å². The summed E-state index contributed by atoms with van der Waals surface area (Å²) in [4.78, 5) is 8.71. The number of terminal acetylenes is 1. The van der Waals surface area contributed by atoms with Gasteiger partial charge in [0.2, 0.25) is 0 Å². The van der Waals surface area contributed by atoms with Crippen molar-refractivity contribution in [1.29, 1.82) is 0 Å². The van der Waals surface area contributed by atoms with E-state index in [0.717, 1.165) is 39.0 Å². The van der Waals surface area contributed by atoms with Crippen molar-refractivity contribution < 1.29 is 4.39 Å². The molecule has 0 bridgehead atoms. The minimum Gasteiger partial charge on any atom is -0.340 e. The Labute approximate surface area is 173 Å². The Morgan fingerprint density at radius 1 is 1.10 bits per heavy atom. The molecule has 5 nitrogen and oxygen atoms in total. The summed E-state index contributed by atoms with van der Waals surface area (Å²) in [6, 6.07) is 18.5. The van der Waals surface area contributed by atoms with E-state index in [-0.39, 0.29) is 5.82 Å². The van der Waals surface area contributed by atoms with Crippen LogP contribution in [0.2, 0.25) is 0 Å². The molecule has 0 amide bonds. The summed E-state index contributed by atoms with van der Waals surface area (Å²) in [6.07, 6.45) is 7.08. The molecule has 1 aliphatic heterocycles. The van der Waals surface area contributed by atoms with Crippen LogP contribution in [0.1, 0.15) is 16.7 Å². The maximum absolute atomic E-state index is 13.5. The van der Waals surface area contributed by atoms with E-state index in [1.165, 1.54) is 12.4 Å². The number of rotatable bonds is 4. The highest BCUT2D eigenvalue weighted by Crippen LogP contribution is 2.31. The highest BCUT2D eigenvalue weighted by Gasteiger charge is 2.19. The first-order chi connectivity index (χ1) is 14.7. The second-order valence-corrected chi connectivity index (χ2v) is 7.19. The lowest BCUT2D eigenvalue weighted by atomic mass is 10.1. The zero-order chi connectivity index (χ0) is 20.5. The van der Waals surface area contributed by atoms with Gasteiger partial charge in [-0.15, -0.1) is 6.42 Å². The molecule has 0 saturated carbocycles. The Morgan fingerprint density at radius 3 is 2.90 bits per heavy atom. The molecule has 0 radical (unpaired) electrons. The summed E-state index contributed by atoms with van der Waals surface area (Å²) in [5.74, 6) is 3.14. The van der Waals surface area contributed by atoms with Gasteiger partial charge in [-0.05, 0) is 59.7 Å². The number of hydrazine groups is 1.